The minimum Gasteiger partial charge on any atom is -0.478 e. The molecule has 1 aromatic rings. The van der Waals surface area contributed by atoms with Crippen molar-refractivity contribution in [3.8, 4) is 0 Å². The number of halogens is 1. The van der Waals surface area contributed by atoms with Gasteiger partial charge >= 0.3 is 5.97 Å². The summed E-state index contributed by atoms with van der Waals surface area (Å²) in [6.45, 7) is 11.2. The van der Waals surface area contributed by atoms with Gasteiger partial charge in [-0.15, -0.1) is 0 Å². The quantitative estimate of drug-likeness (QED) is 0.191. The zero-order chi connectivity index (χ0) is 27.0. The van der Waals surface area contributed by atoms with Gasteiger partial charge in [0.15, 0.2) is 0 Å². The summed E-state index contributed by atoms with van der Waals surface area (Å²) >= 11 is 6.19. The van der Waals surface area contributed by atoms with Gasteiger partial charge < -0.3 is 28.8 Å². The van der Waals surface area contributed by atoms with Crippen molar-refractivity contribution in [1.82, 2.24) is 0 Å². The van der Waals surface area contributed by atoms with Crippen LogP contribution in [-0.2, 0) is 23.7 Å². The number of unbranched alkanes of at least 4 members (excludes halogenated alkanes) is 4. The van der Waals surface area contributed by atoms with Crippen LogP contribution in [0.4, 0.5) is 0 Å². The lowest BCUT2D eigenvalue weighted by molar-refractivity contribution is -0.268. The molecular formula is C29H47ClO7. The second kappa shape index (κ2) is 18.1. The maximum absolute atomic E-state index is 11.8. The van der Waals surface area contributed by atoms with E-state index in [2.05, 4.69) is 27.7 Å². The van der Waals surface area contributed by atoms with Crippen molar-refractivity contribution >= 4 is 17.6 Å². The summed E-state index contributed by atoms with van der Waals surface area (Å²) in [6.07, 6.45) is 5.64. The van der Waals surface area contributed by atoms with Gasteiger partial charge in [-0.3, -0.25) is 0 Å². The second-order valence-electron chi connectivity index (χ2n) is 9.63. The molecular weight excluding hydrogens is 496 g/mol. The molecule has 0 spiro atoms. The van der Waals surface area contributed by atoms with Gasteiger partial charge in [0, 0.05) is 26.4 Å². The van der Waals surface area contributed by atoms with Crippen molar-refractivity contribution in [1.29, 1.82) is 0 Å². The Labute approximate surface area is 228 Å². The first-order chi connectivity index (χ1) is 18.0. The third-order valence-electron chi connectivity index (χ3n) is 6.53. The van der Waals surface area contributed by atoms with Crippen molar-refractivity contribution in [2.75, 3.05) is 33.0 Å². The fourth-order valence-electron chi connectivity index (χ4n) is 4.31. The molecule has 1 fully saturated rings. The zero-order valence-electron chi connectivity index (χ0n) is 23.1. The van der Waals surface area contributed by atoms with Crippen LogP contribution in [0.15, 0.2) is 18.2 Å². The first kappa shape index (κ1) is 32.0. The Morgan fingerprint density at radius 1 is 0.838 bits per heavy atom. The number of aromatic carboxylic acids is 1. The first-order valence-electron chi connectivity index (χ1n) is 14.1. The van der Waals surface area contributed by atoms with Crippen LogP contribution in [-0.4, -0.2) is 68.5 Å². The Morgan fingerprint density at radius 2 is 1.38 bits per heavy atom. The van der Waals surface area contributed by atoms with Gasteiger partial charge in [-0.05, 0) is 43.4 Å². The summed E-state index contributed by atoms with van der Waals surface area (Å²) in [5.41, 5.74) is 0.730. The third kappa shape index (κ3) is 10.1. The minimum absolute atomic E-state index is 0.0376. The molecule has 0 radical (unpaired) electrons. The van der Waals surface area contributed by atoms with E-state index >= 15 is 0 Å². The van der Waals surface area contributed by atoms with Crippen LogP contribution in [0, 0.1) is 0 Å². The number of carboxylic acids is 1. The Hall–Kier alpha value is -1.22. The molecule has 1 heterocycles. The number of rotatable bonds is 19. The lowest BCUT2D eigenvalue weighted by atomic mass is 9.89. The third-order valence-corrected chi connectivity index (χ3v) is 6.86. The summed E-state index contributed by atoms with van der Waals surface area (Å²) < 4.78 is 32.0. The zero-order valence-corrected chi connectivity index (χ0v) is 23.8. The molecule has 37 heavy (non-hydrogen) atoms. The van der Waals surface area contributed by atoms with Crippen molar-refractivity contribution in [2.24, 2.45) is 0 Å². The van der Waals surface area contributed by atoms with Crippen molar-refractivity contribution < 1.29 is 33.6 Å². The number of hydrogen-bond acceptors (Lipinski definition) is 6. The molecule has 2 rings (SSSR count). The average Bonchev–Trinajstić information content (AvgIpc) is 2.89. The summed E-state index contributed by atoms with van der Waals surface area (Å²) in [7, 11) is 0. The Morgan fingerprint density at radius 3 is 1.95 bits per heavy atom. The topological polar surface area (TPSA) is 83.5 Å². The Kier molecular flexibility index (Phi) is 15.7. The fourth-order valence-corrected chi connectivity index (χ4v) is 4.51. The van der Waals surface area contributed by atoms with Gasteiger partial charge in [-0.1, -0.05) is 71.0 Å². The van der Waals surface area contributed by atoms with Gasteiger partial charge in [0.05, 0.1) is 17.2 Å². The van der Waals surface area contributed by atoms with E-state index in [1.165, 1.54) is 0 Å². The van der Waals surface area contributed by atoms with E-state index in [4.69, 9.17) is 35.3 Å². The second-order valence-corrected chi connectivity index (χ2v) is 10.0. The number of carboxylic acid groups (broad SMARTS) is 1. The van der Waals surface area contributed by atoms with E-state index in [1.54, 1.807) is 12.1 Å². The molecule has 0 saturated carbocycles. The number of benzene rings is 1. The normalized spacial score (nSPS) is 23.9. The highest BCUT2D eigenvalue weighted by Gasteiger charge is 2.48. The fraction of sp³-hybridized carbons (Fsp3) is 0.759. The van der Waals surface area contributed by atoms with E-state index in [0.717, 1.165) is 51.4 Å². The van der Waals surface area contributed by atoms with Gasteiger partial charge in [-0.25, -0.2) is 4.79 Å². The van der Waals surface area contributed by atoms with Crippen molar-refractivity contribution in [3.05, 3.63) is 34.3 Å². The van der Waals surface area contributed by atoms with Crippen LogP contribution in [0.1, 0.15) is 101 Å². The summed E-state index contributed by atoms with van der Waals surface area (Å²) in [6, 6.07) is 5.00. The predicted molar refractivity (Wildman–Crippen MR) is 146 cm³/mol. The minimum atomic E-state index is -1.08. The molecule has 1 aromatic carbocycles. The summed E-state index contributed by atoms with van der Waals surface area (Å²) in [4.78, 5) is 11.8. The van der Waals surface area contributed by atoms with Crippen LogP contribution in [0.3, 0.4) is 0 Å². The number of ether oxygens (including phenoxy) is 5. The molecule has 0 bridgehead atoms. The van der Waals surface area contributed by atoms with Crippen LogP contribution >= 0.6 is 11.6 Å². The Bertz CT molecular complexity index is 775. The highest BCUT2D eigenvalue weighted by atomic mass is 35.5. The van der Waals surface area contributed by atoms with Gasteiger partial charge in [-0.2, -0.15) is 0 Å². The van der Waals surface area contributed by atoms with Crippen LogP contribution in [0.25, 0.3) is 0 Å². The largest absolute Gasteiger partial charge is 0.478 e. The van der Waals surface area contributed by atoms with E-state index in [0.29, 0.717) is 38.6 Å². The Balaban J connectivity index is 2.46. The average molecular weight is 543 g/mol. The van der Waals surface area contributed by atoms with Crippen LogP contribution in [0.2, 0.25) is 5.02 Å². The molecule has 3 unspecified atom stereocenters. The van der Waals surface area contributed by atoms with E-state index in [-0.39, 0.29) is 28.9 Å². The monoisotopic (exact) mass is 542 g/mol. The van der Waals surface area contributed by atoms with Gasteiger partial charge in [0.1, 0.15) is 30.5 Å². The van der Waals surface area contributed by atoms with Gasteiger partial charge in [0.25, 0.3) is 0 Å². The summed E-state index contributed by atoms with van der Waals surface area (Å²) in [5, 5.41) is 9.87. The molecule has 7 nitrogen and oxygen atoms in total. The lowest BCUT2D eigenvalue weighted by Gasteiger charge is -2.46. The van der Waals surface area contributed by atoms with E-state index in [9.17, 15) is 9.90 Å². The number of hydrogen-bond donors (Lipinski definition) is 1. The maximum Gasteiger partial charge on any atom is 0.337 e. The predicted octanol–water partition coefficient (Wildman–Crippen LogP) is 6.85. The van der Waals surface area contributed by atoms with Crippen molar-refractivity contribution in [2.45, 2.75) is 110 Å². The first-order valence-corrected chi connectivity index (χ1v) is 14.5. The van der Waals surface area contributed by atoms with Crippen LogP contribution in [0.5, 0.6) is 0 Å². The standard InChI is InChI=1S/C29H47ClO7/c1-5-9-15-33-20-24-26(34-16-10-6-2)28(36-18-12-8-4)27(35-17-11-7-3)25(37-24)21-13-14-23(30)22(19-21)29(31)32/h13-14,19,24-28H,5-12,15-18,20H2,1-4H3,(H,31,32)/t24?,25?,26-,27+,28?/m1/s1. The molecule has 0 aliphatic carbocycles. The molecule has 8 heteroatoms. The molecule has 1 N–H and O–H groups in total. The molecule has 1 aliphatic heterocycles. The highest BCUT2D eigenvalue weighted by molar-refractivity contribution is 6.33. The van der Waals surface area contributed by atoms with E-state index < -0.39 is 18.2 Å². The lowest BCUT2D eigenvalue weighted by Crippen LogP contribution is -2.58. The van der Waals surface area contributed by atoms with Crippen molar-refractivity contribution in [3.63, 3.8) is 0 Å². The maximum atomic E-state index is 11.8. The molecule has 1 aliphatic rings. The SMILES string of the molecule is CCCCOCC1OC(c2ccc(Cl)c(C(=O)O)c2)[C@H](OCCCC)C(OCCCC)[C@@H]1OCCCC. The smallest absolute Gasteiger partial charge is 0.337 e. The summed E-state index contributed by atoms with van der Waals surface area (Å²) in [5.74, 6) is -1.08. The molecule has 1 saturated heterocycles. The number of carbonyl (C=O) groups is 1. The molecule has 0 amide bonds. The highest BCUT2D eigenvalue weighted by Crippen LogP contribution is 2.38. The van der Waals surface area contributed by atoms with Gasteiger partial charge in [0.2, 0.25) is 0 Å². The molecule has 212 valence electrons. The molecule has 5 atom stereocenters. The van der Waals surface area contributed by atoms with E-state index in [1.807, 2.05) is 6.07 Å². The van der Waals surface area contributed by atoms with Crippen LogP contribution < -0.4 is 0 Å². The molecule has 0 aromatic heterocycles.